The Bertz CT molecular complexity index is 1090. The van der Waals surface area contributed by atoms with Crippen molar-refractivity contribution in [2.24, 2.45) is 0 Å². The van der Waals surface area contributed by atoms with Gasteiger partial charge in [-0.25, -0.2) is 0 Å². The zero-order valence-electron chi connectivity index (χ0n) is 18.2. The summed E-state index contributed by atoms with van der Waals surface area (Å²) in [5.74, 6) is 1.64. The summed E-state index contributed by atoms with van der Waals surface area (Å²) in [7, 11) is 0. The van der Waals surface area contributed by atoms with Crippen molar-refractivity contribution in [2.75, 3.05) is 0 Å². The molecule has 1 aromatic heterocycles. The summed E-state index contributed by atoms with van der Waals surface area (Å²) in [4.78, 5) is 4.55. The number of benzene rings is 3. The summed E-state index contributed by atoms with van der Waals surface area (Å²) < 4.78 is 12.5. The van der Waals surface area contributed by atoms with E-state index in [0.29, 0.717) is 0 Å². The fourth-order valence-corrected chi connectivity index (χ4v) is 3.42. The van der Waals surface area contributed by atoms with E-state index in [9.17, 15) is 0 Å². The molecule has 0 fully saturated rings. The van der Waals surface area contributed by atoms with Crippen LogP contribution in [0.2, 0.25) is 6.82 Å². The van der Waals surface area contributed by atoms with Crippen LogP contribution >= 0.6 is 0 Å². The molecule has 4 rings (SSSR count). The lowest BCUT2D eigenvalue weighted by Crippen LogP contribution is -2.32. The molecule has 1 atom stereocenters. The molecule has 0 spiro atoms. The molecular formula is C27H26BNO2. The second-order valence-corrected chi connectivity index (χ2v) is 7.81. The summed E-state index contributed by atoms with van der Waals surface area (Å²) >= 11 is 0. The van der Waals surface area contributed by atoms with Gasteiger partial charge >= 0.3 is 6.92 Å². The number of aryl methyl sites for hydroxylation is 2. The molecule has 4 heteroatoms. The lowest BCUT2D eigenvalue weighted by Gasteiger charge is -2.22. The normalized spacial score (nSPS) is 11.7. The van der Waals surface area contributed by atoms with Crippen LogP contribution in [-0.2, 0) is 4.65 Å². The molecule has 0 aliphatic heterocycles. The Morgan fingerprint density at radius 3 is 1.87 bits per heavy atom. The van der Waals surface area contributed by atoms with Crippen LogP contribution in [0.4, 0.5) is 0 Å². The molecule has 0 N–H and O–H groups in total. The molecule has 31 heavy (non-hydrogen) atoms. The first-order valence-corrected chi connectivity index (χ1v) is 10.6. The van der Waals surface area contributed by atoms with Gasteiger partial charge in [0.15, 0.2) is 0 Å². The molecule has 0 radical (unpaired) electrons. The van der Waals surface area contributed by atoms with Crippen molar-refractivity contribution in [3.05, 3.63) is 120 Å². The summed E-state index contributed by atoms with van der Waals surface area (Å²) in [5.41, 5.74) is 5.52. The van der Waals surface area contributed by atoms with Crippen molar-refractivity contribution >= 4 is 12.4 Å². The van der Waals surface area contributed by atoms with Gasteiger partial charge in [0.25, 0.3) is 0 Å². The van der Waals surface area contributed by atoms with Crippen molar-refractivity contribution < 1.29 is 9.39 Å². The quantitative estimate of drug-likeness (QED) is 0.346. The highest BCUT2D eigenvalue weighted by Gasteiger charge is 2.22. The molecule has 0 saturated heterocycles. The third kappa shape index (κ3) is 5.42. The van der Waals surface area contributed by atoms with Gasteiger partial charge < -0.3 is 9.39 Å². The molecule has 0 saturated carbocycles. The molecule has 0 amide bonds. The van der Waals surface area contributed by atoms with E-state index in [2.05, 4.69) is 62.1 Å². The van der Waals surface area contributed by atoms with Gasteiger partial charge in [-0.2, -0.15) is 0 Å². The minimum atomic E-state index is -0.236. The molecule has 0 aliphatic rings. The van der Waals surface area contributed by atoms with E-state index < -0.39 is 0 Å². The maximum atomic E-state index is 6.52. The first-order chi connectivity index (χ1) is 15.1. The first-order valence-electron chi connectivity index (χ1n) is 10.6. The Balaban J connectivity index is 1.51. The van der Waals surface area contributed by atoms with Gasteiger partial charge in [-0.15, -0.1) is 0 Å². The van der Waals surface area contributed by atoms with Gasteiger partial charge in [-0.05, 0) is 61.3 Å². The number of hydrogen-bond donors (Lipinski definition) is 0. The molecular weight excluding hydrogens is 381 g/mol. The van der Waals surface area contributed by atoms with E-state index in [1.54, 1.807) is 0 Å². The largest absolute Gasteiger partial charge is 0.457 e. The average Bonchev–Trinajstić information content (AvgIpc) is 2.81. The SMILES string of the molecule is CB(OC(c1ccc(C)cc1)c1ccccn1)c1ccc(Oc2ccc(C)cc2)cc1. The smallest absolute Gasteiger partial charge is 0.324 e. The number of ether oxygens (including phenoxy) is 1. The minimum absolute atomic E-state index is 0.110. The van der Waals surface area contributed by atoms with Gasteiger partial charge in [-0.3, -0.25) is 4.98 Å². The summed E-state index contributed by atoms with van der Waals surface area (Å²) in [5, 5.41) is 0. The Morgan fingerprint density at radius 1 is 0.710 bits per heavy atom. The van der Waals surface area contributed by atoms with Crippen molar-refractivity contribution in [3.63, 3.8) is 0 Å². The standard InChI is InChI=1S/C27H26BNO2/c1-20-7-11-22(12-8-20)27(26-6-4-5-19-29-26)31-28(3)23-13-17-25(18-14-23)30-24-15-9-21(2)10-16-24/h4-19,27H,1-3H3. The van der Waals surface area contributed by atoms with Gasteiger partial charge in [0, 0.05) is 6.20 Å². The highest BCUT2D eigenvalue weighted by Crippen LogP contribution is 2.26. The van der Waals surface area contributed by atoms with E-state index in [-0.39, 0.29) is 13.0 Å². The predicted octanol–water partition coefficient (Wildman–Crippen LogP) is 6.13. The van der Waals surface area contributed by atoms with Crippen molar-refractivity contribution in [3.8, 4) is 11.5 Å². The number of pyridine rings is 1. The summed E-state index contributed by atoms with van der Waals surface area (Å²) in [6, 6.07) is 30.5. The van der Waals surface area contributed by atoms with Crippen LogP contribution in [0.25, 0.3) is 0 Å². The fraction of sp³-hybridized carbons (Fsp3) is 0.148. The van der Waals surface area contributed by atoms with E-state index >= 15 is 0 Å². The lowest BCUT2D eigenvalue weighted by molar-refractivity contribution is 0.250. The van der Waals surface area contributed by atoms with Crippen LogP contribution in [0.1, 0.15) is 28.5 Å². The highest BCUT2D eigenvalue weighted by molar-refractivity contribution is 6.66. The highest BCUT2D eigenvalue weighted by atomic mass is 16.5. The van der Waals surface area contributed by atoms with Gasteiger partial charge in [-0.1, -0.05) is 72.5 Å². The zero-order valence-corrected chi connectivity index (χ0v) is 18.2. The fourth-order valence-electron chi connectivity index (χ4n) is 3.42. The number of aromatic nitrogens is 1. The summed E-state index contributed by atoms with van der Waals surface area (Å²) in [6.07, 6.45) is 1.57. The number of nitrogens with zero attached hydrogens (tertiary/aromatic N) is 1. The Morgan fingerprint density at radius 2 is 1.29 bits per heavy atom. The Kier molecular flexibility index (Phi) is 6.49. The van der Waals surface area contributed by atoms with E-state index in [1.165, 1.54) is 11.1 Å². The van der Waals surface area contributed by atoms with Crippen LogP contribution in [0.3, 0.4) is 0 Å². The van der Waals surface area contributed by atoms with Crippen LogP contribution < -0.4 is 10.2 Å². The number of hydrogen-bond acceptors (Lipinski definition) is 3. The first kappa shape index (κ1) is 20.9. The van der Waals surface area contributed by atoms with Crippen LogP contribution in [0, 0.1) is 13.8 Å². The van der Waals surface area contributed by atoms with Crippen LogP contribution in [0.15, 0.2) is 97.2 Å². The van der Waals surface area contributed by atoms with Crippen molar-refractivity contribution in [2.45, 2.75) is 26.8 Å². The third-order valence-electron chi connectivity index (χ3n) is 5.28. The maximum absolute atomic E-state index is 6.52. The number of rotatable bonds is 7. The van der Waals surface area contributed by atoms with Crippen LogP contribution in [0.5, 0.6) is 11.5 Å². The Labute approximate surface area is 184 Å². The van der Waals surface area contributed by atoms with Crippen LogP contribution in [-0.4, -0.2) is 11.9 Å². The molecule has 0 bridgehead atoms. The van der Waals surface area contributed by atoms with E-state index in [0.717, 1.165) is 28.2 Å². The molecule has 0 aliphatic carbocycles. The molecule has 1 unspecified atom stereocenters. The van der Waals surface area contributed by atoms with Crippen molar-refractivity contribution in [1.82, 2.24) is 4.98 Å². The molecule has 4 aromatic rings. The lowest BCUT2D eigenvalue weighted by atomic mass is 9.63. The monoisotopic (exact) mass is 407 g/mol. The van der Waals surface area contributed by atoms with E-state index in [4.69, 9.17) is 9.39 Å². The molecule has 3 aromatic carbocycles. The molecule has 154 valence electrons. The minimum Gasteiger partial charge on any atom is -0.457 e. The Hall–Kier alpha value is -3.37. The predicted molar refractivity (Wildman–Crippen MR) is 127 cm³/mol. The maximum Gasteiger partial charge on any atom is 0.324 e. The molecule has 1 heterocycles. The van der Waals surface area contributed by atoms with Crippen molar-refractivity contribution in [1.29, 1.82) is 0 Å². The average molecular weight is 407 g/mol. The van der Waals surface area contributed by atoms with E-state index in [1.807, 2.05) is 60.8 Å². The second-order valence-electron chi connectivity index (χ2n) is 7.81. The molecule has 3 nitrogen and oxygen atoms in total. The topological polar surface area (TPSA) is 31.4 Å². The zero-order chi connectivity index (χ0) is 21.6. The van der Waals surface area contributed by atoms with Gasteiger partial charge in [0.1, 0.15) is 17.6 Å². The van der Waals surface area contributed by atoms with Gasteiger partial charge in [0.2, 0.25) is 0 Å². The van der Waals surface area contributed by atoms with Gasteiger partial charge in [0.05, 0.1) is 5.69 Å². The summed E-state index contributed by atoms with van der Waals surface area (Å²) in [6.45, 7) is 6.11. The third-order valence-corrected chi connectivity index (χ3v) is 5.28. The second kappa shape index (κ2) is 9.63.